The summed E-state index contributed by atoms with van der Waals surface area (Å²) in [5.74, 6) is 0.895. The van der Waals surface area contributed by atoms with Crippen LogP contribution in [-0.2, 0) is 0 Å². The third kappa shape index (κ3) is 3.92. The fraction of sp³-hybridized carbons (Fsp3) is 1.00. The molecule has 4 nitrogen and oxygen atoms in total. The second-order valence-electron chi connectivity index (χ2n) is 8.36. The van der Waals surface area contributed by atoms with Gasteiger partial charge in [0.25, 0.3) is 0 Å². The Labute approximate surface area is 142 Å². The molecule has 0 aromatic rings. The van der Waals surface area contributed by atoms with E-state index in [-0.39, 0.29) is 0 Å². The Morgan fingerprint density at radius 2 is 1.52 bits per heavy atom. The lowest BCUT2D eigenvalue weighted by Gasteiger charge is -2.43. The lowest BCUT2D eigenvalue weighted by atomic mass is 9.89. The first-order valence-corrected chi connectivity index (χ1v) is 10.3. The minimum atomic E-state index is 0.801. The van der Waals surface area contributed by atoms with Crippen LogP contribution in [0, 0.1) is 5.92 Å². The summed E-state index contributed by atoms with van der Waals surface area (Å²) in [4.78, 5) is 8.38. The highest BCUT2D eigenvalue weighted by Gasteiger charge is 2.35. The van der Waals surface area contributed by atoms with E-state index in [4.69, 9.17) is 0 Å². The largest absolute Gasteiger partial charge is 0.315 e. The van der Waals surface area contributed by atoms with E-state index < -0.39 is 0 Å². The summed E-state index contributed by atoms with van der Waals surface area (Å²) < 4.78 is 0. The minimum Gasteiger partial charge on any atom is -0.315 e. The quantitative estimate of drug-likeness (QED) is 0.850. The molecule has 0 saturated carbocycles. The molecule has 4 aliphatic heterocycles. The van der Waals surface area contributed by atoms with E-state index in [1.807, 2.05) is 0 Å². The maximum absolute atomic E-state index is 3.67. The summed E-state index contributed by atoms with van der Waals surface area (Å²) in [5.41, 5.74) is 0. The number of hydrogen-bond donors (Lipinski definition) is 1. The molecule has 3 atom stereocenters. The van der Waals surface area contributed by atoms with Crippen LogP contribution in [-0.4, -0.2) is 85.7 Å². The van der Waals surface area contributed by atoms with Gasteiger partial charge in [0.2, 0.25) is 0 Å². The van der Waals surface area contributed by atoms with Crippen molar-refractivity contribution in [3.8, 4) is 0 Å². The first-order chi connectivity index (χ1) is 11.4. The lowest BCUT2D eigenvalue weighted by Crippen LogP contribution is -2.55. The standard InChI is InChI=1S/C19H36N4/c1-2-11-23(12-3-1)19-14-20-8-6-17(19)15-21-13-7-18(16-21)22-9-4-5-10-22/h17-20H,1-16H2. The molecule has 4 saturated heterocycles. The minimum absolute atomic E-state index is 0.801. The summed E-state index contributed by atoms with van der Waals surface area (Å²) in [7, 11) is 0. The molecule has 0 spiro atoms. The van der Waals surface area contributed by atoms with Gasteiger partial charge in [-0.1, -0.05) is 6.42 Å². The molecule has 0 radical (unpaired) electrons. The molecule has 4 heterocycles. The lowest BCUT2D eigenvalue weighted by molar-refractivity contribution is 0.0747. The van der Waals surface area contributed by atoms with Crippen LogP contribution in [0.25, 0.3) is 0 Å². The van der Waals surface area contributed by atoms with E-state index in [2.05, 4.69) is 20.0 Å². The SMILES string of the molecule is C1CCN(C2CNCCC2CN2CCC(N3CCCC3)C2)CC1. The average Bonchev–Trinajstić information content (AvgIpc) is 3.27. The Balaban J connectivity index is 1.31. The molecule has 4 rings (SSSR count). The third-order valence-corrected chi connectivity index (χ3v) is 6.85. The summed E-state index contributed by atoms with van der Waals surface area (Å²) in [6, 6.07) is 1.67. The molecule has 0 aliphatic carbocycles. The summed E-state index contributed by atoms with van der Waals surface area (Å²) >= 11 is 0. The zero-order chi connectivity index (χ0) is 15.5. The van der Waals surface area contributed by atoms with Crippen molar-refractivity contribution in [3.63, 3.8) is 0 Å². The van der Waals surface area contributed by atoms with Crippen LogP contribution in [0.15, 0.2) is 0 Å². The number of rotatable bonds is 4. The van der Waals surface area contributed by atoms with Gasteiger partial charge in [0.15, 0.2) is 0 Å². The fourth-order valence-electron chi connectivity index (χ4n) is 5.50. The highest BCUT2D eigenvalue weighted by molar-refractivity contribution is 4.92. The number of likely N-dealkylation sites (tertiary alicyclic amines) is 3. The maximum atomic E-state index is 3.67. The summed E-state index contributed by atoms with van der Waals surface area (Å²) in [6.45, 7) is 11.9. The Hall–Kier alpha value is -0.160. The van der Waals surface area contributed by atoms with Gasteiger partial charge in [-0.25, -0.2) is 0 Å². The van der Waals surface area contributed by atoms with Crippen molar-refractivity contribution in [1.82, 2.24) is 20.0 Å². The monoisotopic (exact) mass is 320 g/mol. The van der Waals surface area contributed by atoms with Gasteiger partial charge in [-0.3, -0.25) is 9.80 Å². The van der Waals surface area contributed by atoms with Crippen molar-refractivity contribution in [3.05, 3.63) is 0 Å². The van der Waals surface area contributed by atoms with E-state index in [1.54, 1.807) is 0 Å². The van der Waals surface area contributed by atoms with Crippen molar-refractivity contribution < 1.29 is 0 Å². The van der Waals surface area contributed by atoms with Crippen molar-refractivity contribution in [2.45, 2.75) is 57.0 Å². The number of piperidine rings is 2. The number of hydrogen-bond acceptors (Lipinski definition) is 4. The van der Waals surface area contributed by atoms with Gasteiger partial charge < -0.3 is 10.2 Å². The third-order valence-electron chi connectivity index (χ3n) is 6.85. The highest BCUT2D eigenvalue weighted by atomic mass is 15.3. The van der Waals surface area contributed by atoms with E-state index in [1.165, 1.54) is 104 Å². The molecule has 23 heavy (non-hydrogen) atoms. The van der Waals surface area contributed by atoms with E-state index in [0.717, 1.165) is 18.0 Å². The van der Waals surface area contributed by atoms with Gasteiger partial charge in [-0.05, 0) is 83.7 Å². The van der Waals surface area contributed by atoms with Gasteiger partial charge in [0.05, 0.1) is 0 Å². The molecule has 0 aromatic carbocycles. The van der Waals surface area contributed by atoms with Crippen LogP contribution in [0.5, 0.6) is 0 Å². The van der Waals surface area contributed by atoms with Gasteiger partial charge in [0.1, 0.15) is 0 Å². The van der Waals surface area contributed by atoms with Crippen LogP contribution in [0.1, 0.15) is 44.9 Å². The predicted octanol–water partition coefficient (Wildman–Crippen LogP) is 1.62. The van der Waals surface area contributed by atoms with Crippen molar-refractivity contribution in [2.24, 2.45) is 5.92 Å². The predicted molar refractivity (Wildman–Crippen MR) is 95.8 cm³/mol. The van der Waals surface area contributed by atoms with Crippen LogP contribution in [0.4, 0.5) is 0 Å². The van der Waals surface area contributed by atoms with E-state index >= 15 is 0 Å². The van der Waals surface area contributed by atoms with E-state index in [9.17, 15) is 0 Å². The second-order valence-corrected chi connectivity index (χ2v) is 8.36. The normalized spacial score (nSPS) is 38.3. The average molecular weight is 321 g/mol. The summed E-state index contributed by atoms with van der Waals surface area (Å²) in [5, 5.41) is 3.67. The molecule has 132 valence electrons. The van der Waals surface area contributed by atoms with Crippen LogP contribution >= 0.6 is 0 Å². The van der Waals surface area contributed by atoms with Gasteiger partial charge >= 0.3 is 0 Å². The molecule has 4 aliphatic rings. The number of nitrogens with zero attached hydrogens (tertiary/aromatic N) is 3. The molecular formula is C19H36N4. The van der Waals surface area contributed by atoms with Crippen molar-refractivity contribution in [2.75, 3.05) is 58.9 Å². The first kappa shape index (κ1) is 16.3. The topological polar surface area (TPSA) is 21.8 Å². The van der Waals surface area contributed by atoms with Gasteiger partial charge in [-0.15, -0.1) is 0 Å². The molecule has 4 heteroatoms. The molecule has 4 fully saturated rings. The van der Waals surface area contributed by atoms with Crippen molar-refractivity contribution in [1.29, 1.82) is 0 Å². The van der Waals surface area contributed by atoms with Crippen LogP contribution in [0.3, 0.4) is 0 Å². The fourth-order valence-corrected chi connectivity index (χ4v) is 5.50. The highest BCUT2D eigenvalue weighted by Crippen LogP contribution is 2.26. The zero-order valence-electron chi connectivity index (χ0n) is 14.9. The smallest absolute Gasteiger partial charge is 0.0261 e. The zero-order valence-corrected chi connectivity index (χ0v) is 14.9. The molecular weight excluding hydrogens is 284 g/mol. The van der Waals surface area contributed by atoms with E-state index in [0.29, 0.717) is 0 Å². The summed E-state index contributed by atoms with van der Waals surface area (Å²) in [6.07, 6.45) is 9.95. The Morgan fingerprint density at radius 3 is 2.35 bits per heavy atom. The molecule has 0 bridgehead atoms. The van der Waals surface area contributed by atoms with Gasteiger partial charge in [-0.2, -0.15) is 0 Å². The van der Waals surface area contributed by atoms with Gasteiger partial charge in [0, 0.05) is 31.7 Å². The molecule has 0 aromatic heterocycles. The number of nitrogens with one attached hydrogen (secondary N) is 1. The van der Waals surface area contributed by atoms with Crippen molar-refractivity contribution >= 4 is 0 Å². The Kier molecular flexibility index (Phi) is 5.54. The Morgan fingerprint density at radius 1 is 0.783 bits per heavy atom. The second kappa shape index (κ2) is 7.81. The molecule has 0 amide bonds. The van der Waals surface area contributed by atoms with Crippen LogP contribution in [0.2, 0.25) is 0 Å². The van der Waals surface area contributed by atoms with Crippen LogP contribution < -0.4 is 5.32 Å². The maximum Gasteiger partial charge on any atom is 0.0261 e. The molecule has 3 unspecified atom stereocenters. The molecule has 1 N–H and O–H groups in total. The first-order valence-electron chi connectivity index (χ1n) is 10.3. The Bertz CT molecular complexity index is 362.